The van der Waals surface area contributed by atoms with Crippen LogP contribution in [-0.4, -0.2) is 6.29 Å². The molecule has 0 N–H and O–H groups in total. The second-order valence-electron chi connectivity index (χ2n) is 2.80. The standard InChI is InChI=1S/C11H9FO/c1-8-6-10(12)7-9(2)11(8)4-3-5-13/h5-7H,1-2H3. The highest BCUT2D eigenvalue weighted by Crippen LogP contribution is 2.14. The van der Waals surface area contributed by atoms with E-state index in [4.69, 9.17) is 0 Å². The summed E-state index contributed by atoms with van der Waals surface area (Å²) in [7, 11) is 0. The van der Waals surface area contributed by atoms with E-state index in [0.29, 0.717) is 6.29 Å². The Morgan fingerprint density at radius 1 is 1.31 bits per heavy atom. The highest BCUT2D eigenvalue weighted by atomic mass is 19.1. The summed E-state index contributed by atoms with van der Waals surface area (Å²) >= 11 is 0. The minimum atomic E-state index is -0.272. The Morgan fingerprint density at radius 2 is 1.85 bits per heavy atom. The number of aryl methyl sites for hydroxylation is 2. The van der Waals surface area contributed by atoms with Crippen molar-refractivity contribution in [3.8, 4) is 11.8 Å². The molecule has 0 amide bonds. The molecule has 2 heteroatoms. The van der Waals surface area contributed by atoms with Crippen LogP contribution in [0.2, 0.25) is 0 Å². The van der Waals surface area contributed by atoms with Gasteiger partial charge in [-0.15, -0.1) is 0 Å². The molecule has 0 aliphatic heterocycles. The topological polar surface area (TPSA) is 17.1 Å². The molecule has 0 unspecified atom stereocenters. The van der Waals surface area contributed by atoms with Crippen molar-refractivity contribution in [2.24, 2.45) is 0 Å². The van der Waals surface area contributed by atoms with Gasteiger partial charge in [-0.05, 0) is 43.0 Å². The minimum Gasteiger partial charge on any atom is -0.289 e. The SMILES string of the molecule is Cc1cc(F)cc(C)c1C#CC=O. The monoisotopic (exact) mass is 176 g/mol. The lowest BCUT2D eigenvalue weighted by atomic mass is 10.0. The van der Waals surface area contributed by atoms with E-state index < -0.39 is 0 Å². The van der Waals surface area contributed by atoms with Gasteiger partial charge < -0.3 is 0 Å². The number of carbonyl (C=O) groups excluding carboxylic acids is 1. The number of carbonyl (C=O) groups is 1. The zero-order chi connectivity index (χ0) is 9.84. The molecule has 0 spiro atoms. The number of aldehydes is 1. The molecule has 0 saturated heterocycles. The van der Waals surface area contributed by atoms with E-state index in [1.54, 1.807) is 13.8 Å². The Hall–Kier alpha value is -1.62. The fourth-order valence-corrected chi connectivity index (χ4v) is 1.21. The third kappa shape index (κ3) is 2.16. The lowest BCUT2D eigenvalue weighted by Gasteiger charge is -2.02. The van der Waals surface area contributed by atoms with E-state index >= 15 is 0 Å². The quantitative estimate of drug-likeness (QED) is 0.436. The van der Waals surface area contributed by atoms with Crippen LogP contribution in [0, 0.1) is 31.5 Å². The van der Waals surface area contributed by atoms with Crippen LogP contribution in [0.3, 0.4) is 0 Å². The molecule has 0 heterocycles. The molecule has 0 aliphatic carbocycles. The van der Waals surface area contributed by atoms with Crippen LogP contribution in [0.5, 0.6) is 0 Å². The number of benzene rings is 1. The Morgan fingerprint density at radius 3 is 2.31 bits per heavy atom. The van der Waals surface area contributed by atoms with Gasteiger partial charge in [0.25, 0.3) is 0 Å². The molecular formula is C11H9FO. The van der Waals surface area contributed by atoms with E-state index in [1.807, 2.05) is 0 Å². The molecular weight excluding hydrogens is 167 g/mol. The van der Waals surface area contributed by atoms with Gasteiger partial charge in [0.05, 0.1) is 0 Å². The van der Waals surface area contributed by atoms with Gasteiger partial charge in [0.1, 0.15) is 5.82 Å². The van der Waals surface area contributed by atoms with Crippen molar-refractivity contribution >= 4 is 6.29 Å². The maximum Gasteiger partial charge on any atom is 0.193 e. The molecule has 1 aromatic rings. The Kier molecular flexibility index (Phi) is 2.81. The average Bonchev–Trinajstić information content (AvgIpc) is 2.02. The van der Waals surface area contributed by atoms with Crippen molar-refractivity contribution in [3.05, 3.63) is 34.6 Å². The van der Waals surface area contributed by atoms with E-state index in [9.17, 15) is 9.18 Å². The van der Waals surface area contributed by atoms with Crippen molar-refractivity contribution in [2.75, 3.05) is 0 Å². The van der Waals surface area contributed by atoms with Gasteiger partial charge in [0.15, 0.2) is 6.29 Å². The first-order chi connectivity index (χ1) is 6.15. The number of halogens is 1. The first-order valence-corrected chi connectivity index (χ1v) is 3.87. The molecule has 0 aliphatic rings. The zero-order valence-corrected chi connectivity index (χ0v) is 7.52. The van der Waals surface area contributed by atoms with Gasteiger partial charge in [-0.1, -0.05) is 5.92 Å². The normalized spacial score (nSPS) is 8.85. The number of rotatable bonds is 0. The molecule has 0 bridgehead atoms. The highest BCUT2D eigenvalue weighted by molar-refractivity contribution is 5.74. The van der Waals surface area contributed by atoms with Crippen molar-refractivity contribution in [2.45, 2.75) is 13.8 Å². The van der Waals surface area contributed by atoms with Crippen molar-refractivity contribution < 1.29 is 9.18 Å². The van der Waals surface area contributed by atoms with Crippen LogP contribution in [0.1, 0.15) is 16.7 Å². The molecule has 1 nitrogen and oxygen atoms in total. The smallest absolute Gasteiger partial charge is 0.193 e. The molecule has 0 saturated carbocycles. The maximum atomic E-state index is 12.8. The van der Waals surface area contributed by atoms with Gasteiger partial charge in [0, 0.05) is 5.56 Å². The fraction of sp³-hybridized carbons (Fsp3) is 0.182. The van der Waals surface area contributed by atoms with Crippen LogP contribution in [-0.2, 0) is 4.79 Å². The summed E-state index contributed by atoms with van der Waals surface area (Å²) in [5, 5.41) is 0. The van der Waals surface area contributed by atoms with Crippen molar-refractivity contribution in [1.82, 2.24) is 0 Å². The van der Waals surface area contributed by atoms with E-state index in [0.717, 1.165) is 16.7 Å². The fourth-order valence-electron chi connectivity index (χ4n) is 1.21. The Labute approximate surface area is 76.6 Å². The van der Waals surface area contributed by atoms with Gasteiger partial charge in [-0.25, -0.2) is 4.39 Å². The van der Waals surface area contributed by atoms with Crippen LogP contribution in [0.15, 0.2) is 12.1 Å². The number of hydrogen-bond donors (Lipinski definition) is 0. The van der Waals surface area contributed by atoms with Crippen LogP contribution >= 0.6 is 0 Å². The lowest BCUT2D eigenvalue weighted by Crippen LogP contribution is -1.90. The Balaban J connectivity index is 3.28. The predicted octanol–water partition coefficient (Wildman–Crippen LogP) is 1.99. The zero-order valence-electron chi connectivity index (χ0n) is 7.52. The minimum absolute atomic E-state index is 0.272. The molecule has 0 atom stereocenters. The molecule has 13 heavy (non-hydrogen) atoms. The number of hydrogen-bond acceptors (Lipinski definition) is 1. The highest BCUT2D eigenvalue weighted by Gasteiger charge is 2.01. The van der Waals surface area contributed by atoms with E-state index in [-0.39, 0.29) is 5.82 Å². The summed E-state index contributed by atoms with van der Waals surface area (Å²) < 4.78 is 12.8. The maximum absolute atomic E-state index is 12.8. The lowest BCUT2D eigenvalue weighted by molar-refractivity contribution is -0.103. The predicted molar refractivity (Wildman–Crippen MR) is 48.8 cm³/mol. The molecule has 1 aromatic carbocycles. The van der Waals surface area contributed by atoms with Gasteiger partial charge in [-0.2, -0.15) is 0 Å². The van der Waals surface area contributed by atoms with Crippen LogP contribution < -0.4 is 0 Å². The Bertz CT molecular complexity index is 373. The van der Waals surface area contributed by atoms with E-state index in [1.165, 1.54) is 12.1 Å². The third-order valence-corrected chi connectivity index (χ3v) is 1.75. The van der Waals surface area contributed by atoms with Crippen molar-refractivity contribution in [3.63, 3.8) is 0 Å². The summed E-state index contributed by atoms with van der Waals surface area (Å²) in [6.45, 7) is 3.54. The van der Waals surface area contributed by atoms with Gasteiger partial charge in [0.2, 0.25) is 0 Å². The third-order valence-electron chi connectivity index (χ3n) is 1.75. The molecule has 0 aromatic heterocycles. The summed E-state index contributed by atoms with van der Waals surface area (Å²) in [6.07, 6.45) is 0.530. The second kappa shape index (κ2) is 3.86. The van der Waals surface area contributed by atoms with Gasteiger partial charge >= 0.3 is 0 Å². The second-order valence-corrected chi connectivity index (χ2v) is 2.80. The van der Waals surface area contributed by atoms with Crippen LogP contribution in [0.4, 0.5) is 4.39 Å². The first kappa shape index (κ1) is 9.47. The first-order valence-electron chi connectivity index (χ1n) is 3.87. The molecule has 66 valence electrons. The summed E-state index contributed by atoms with van der Waals surface area (Å²) in [6, 6.07) is 2.81. The van der Waals surface area contributed by atoms with Crippen molar-refractivity contribution in [1.29, 1.82) is 0 Å². The summed E-state index contributed by atoms with van der Waals surface area (Å²) in [4.78, 5) is 10.0. The van der Waals surface area contributed by atoms with Gasteiger partial charge in [-0.3, -0.25) is 4.79 Å². The average molecular weight is 176 g/mol. The molecule has 1 rings (SSSR count). The van der Waals surface area contributed by atoms with Crippen LogP contribution in [0.25, 0.3) is 0 Å². The largest absolute Gasteiger partial charge is 0.289 e. The van der Waals surface area contributed by atoms with E-state index in [2.05, 4.69) is 11.8 Å². The summed E-state index contributed by atoms with van der Waals surface area (Å²) in [5.74, 6) is 4.71. The molecule has 0 fully saturated rings. The molecule has 0 radical (unpaired) electrons. The summed E-state index contributed by atoms with van der Waals surface area (Å²) in [5.41, 5.74) is 2.24.